The van der Waals surface area contributed by atoms with E-state index in [0.29, 0.717) is 23.6 Å². The van der Waals surface area contributed by atoms with Crippen molar-refractivity contribution in [1.82, 2.24) is 15.0 Å². The first kappa shape index (κ1) is 31.7. The van der Waals surface area contributed by atoms with Crippen LogP contribution in [0.2, 0.25) is 0 Å². The Hall–Kier alpha value is -3.85. The van der Waals surface area contributed by atoms with Gasteiger partial charge in [-0.2, -0.15) is 21.9 Å². The van der Waals surface area contributed by atoms with Gasteiger partial charge in [-0.3, -0.25) is 4.79 Å². The van der Waals surface area contributed by atoms with Gasteiger partial charge in [-0.25, -0.2) is 36.4 Å². The number of carbonyl (C=O) groups excluding carboxylic acids is 2. The van der Waals surface area contributed by atoms with E-state index in [4.69, 9.17) is 0 Å². The number of alkyl halides is 2. The number of amides is 3. The Labute approximate surface area is 241 Å². The number of rotatable bonds is 9. The Morgan fingerprint density at radius 1 is 1.02 bits per heavy atom. The number of halogens is 4. The summed E-state index contributed by atoms with van der Waals surface area (Å²) < 4.78 is 81.7. The molecule has 1 aliphatic heterocycles. The minimum Gasteiger partial charge on any atom is -0.325 e. The van der Waals surface area contributed by atoms with Crippen molar-refractivity contribution < 1.29 is 35.6 Å². The number of nitrogens with zero attached hydrogens (tertiary/aromatic N) is 3. The molecule has 0 radical (unpaired) electrons. The molecule has 4 rings (SSSR count). The van der Waals surface area contributed by atoms with Gasteiger partial charge in [0.15, 0.2) is 0 Å². The molecule has 0 unspecified atom stereocenters. The Balaban J connectivity index is 0.00000462. The van der Waals surface area contributed by atoms with E-state index >= 15 is 0 Å². The summed E-state index contributed by atoms with van der Waals surface area (Å²) in [5, 5.41) is 2.28. The quantitative estimate of drug-likeness (QED) is 0.359. The van der Waals surface area contributed by atoms with Crippen molar-refractivity contribution in [2.24, 2.45) is 0 Å². The van der Waals surface area contributed by atoms with Crippen LogP contribution in [0.1, 0.15) is 16.7 Å². The molecule has 2 heterocycles. The molecule has 0 spiro atoms. The third kappa shape index (κ3) is 7.88. The SMILES string of the molecule is CN(C(=O)[C@H](Cc1cc(F)cc(F)c1)NC(=O)NS(=O)(=O)N1CCc2cccnc21)c1ccc(CC(F)F)cc1.S. The predicted octanol–water partition coefficient (Wildman–Crippen LogP) is 3.46. The molecule has 0 bridgehead atoms. The van der Waals surface area contributed by atoms with E-state index in [-0.39, 0.29) is 43.5 Å². The smallest absolute Gasteiger partial charge is 0.325 e. The highest BCUT2D eigenvalue weighted by Crippen LogP contribution is 2.26. The van der Waals surface area contributed by atoms with Crippen molar-refractivity contribution in [2.45, 2.75) is 31.7 Å². The number of hydrogen-bond donors (Lipinski definition) is 2. The van der Waals surface area contributed by atoms with E-state index in [9.17, 15) is 35.6 Å². The van der Waals surface area contributed by atoms with Gasteiger partial charge in [0.1, 0.15) is 23.5 Å². The van der Waals surface area contributed by atoms with Gasteiger partial charge in [-0.05, 0) is 53.4 Å². The Morgan fingerprint density at radius 2 is 1.68 bits per heavy atom. The lowest BCUT2D eigenvalue weighted by atomic mass is 10.0. The van der Waals surface area contributed by atoms with Crippen molar-refractivity contribution in [1.29, 1.82) is 0 Å². The van der Waals surface area contributed by atoms with Gasteiger partial charge in [-0.1, -0.05) is 18.2 Å². The molecule has 1 aliphatic rings. The van der Waals surface area contributed by atoms with Crippen LogP contribution < -0.4 is 19.2 Å². The highest BCUT2D eigenvalue weighted by atomic mass is 32.2. The summed E-state index contributed by atoms with van der Waals surface area (Å²) in [5.41, 5.74) is 1.33. The molecule has 220 valence electrons. The molecule has 3 aromatic rings. The summed E-state index contributed by atoms with van der Waals surface area (Å²) in [6.07, 6.45) is -1.61. The molecule has 15 heteroatoms. The zero-order valence-corrected chi connectivity index (χ0v) is 23.5. The van der Waals surface area contributed by atoms with Crippen molar-refractivity contribution in [3.05, 3.63) is 89.1 Å². The summed E-state index contributed by atoms with van der Waals surface area (Å²) in [5.74, 6) is -2.40. The summed E-state index contributed by atoms with van der Waals surface area (Å²) in [4.78, 5) is 31.4. The first-order valence-corrected chi connectivity index (χ1v) is 13.5. The number of aromatic nitrogens is 1. The molecular formula is C26H27F4N5O4S2. The molecule has 0 saturated carbocycles. The number of carbonyl (C=O) groups is 2. The van der Waals surface area contributed by atoms with Gasteiger partial charge < -0.3 is 10.2 Å². The molecule has 2 N–H and O–H groups in total. The van der Waals surface area contributed by atoms with Crippen LogP contribution in [-0.4, -0.2) is 51.4 Å². The molecular weight excluding hydrogens is 586 g/mol. The predicted molar refractivity (Wildman–Crippen MR) is 150 cm³/mol. The fourth-order valence-corrected chi connectivity index (χ4v) is 5.46. The second-order valence-electron chi connectivity index (χ2n) is 9.08. The minimum atomic E-state index is -4.41. The number of benzene rings is 2. The number of anilines is 2. The van der Waals surface area contributed by atoms with Crippen LogP contribution in [0.3, 0.4) is 0 Å². The van der Waals surface area contributed by atoms with E-state index in [2.05, 4.69) is 10.3 Å². The maximum atomic E-state index is 13.8. The fraction of sp³-hybridized carbons (Fsp3) is 0.269. The number of pyridine rings is 1. The number of nitrogens with one attached hydrogen (secondary N) is 2. The molecule has 0 saturated heterocycles. The maximum Gasteiger partial charge on any atom is 0.330 e. The second kappa shape index (κ2) is 13.2. The maximum absolute atomic E-state index is 13.8. The highest BCUT2D eigenvalue weighted by Gasteiger charge is 2.33. The van der Waals surface area contributed by atoms with E-state index in [0.717, 1.165) is 21.3 Å². The Bertz CT molecular complexity index is 1490. The van der Waals surface area contributed by atoms with Crippen LogP contribution in [-0.2, 0) is 34.3 Å². The molecule has 2 aromatic carbocycles. The van der Waals surface area contributed by atoms with E-state index in [1.807, 2.05) is 4.72 Å². The number of fused-ring (bicyclic) bond motifs is 1. The zero-order valence-electron chi connectivity index (χ0n) is 21.7. The van der Waals surface area contributed by atoms with Gasteiger partial charge in [-0.15, -0.1) is 0 Å². The lowest BCUT2D eigenvalue weighted by molar-refractivity contribution is -0.120. The van der Waals surface area contributed by atoms with Gasteiger partial charge in [0.2, 0.25) is 12.3 Å². The second-order valence-corrected chi connectivity index (χ2v) is 10.7. The van der Waals surface area contributed by atoms with Gasteiger partial charge >= 0.3 is 16.2 Å². The highest BCUT2D eigenvalue weighted by molar-refractivity contribution is 7.91. The molecule has 9 nitrogen and oxygen atoms in total. The fourth-order valence-electron chi connectivity index (χ4n) is 4.33. The van der Waals surface area contributed by atoms with Crippen molar-refractivity contribution in [3.63, 3.8) is 0 Å². The Morgan fingerprint density at radius 3 is 2.32 bits per heavy atom. The molecule has 41 heavy (non-hydrogen) atoms. The molecule has 1 atom stereocenters. The van der Waals surface area contributed by atoms with E-state index in [1.165, 1.54) is 37.5 Å². The number of hydrogen-bond acceptors (Lipinski definition) is 5. The first-order valence-electron chi connectivity index (χ1n) is 12.1. The van der Waals surface area contributed by atoms with Gasteiger partial charge in [0.05, 0.1) is 0 Å². The van der Waals surface area contributed by atoms with Crippen molar-refractivity contribution in [2.75, 3.05) is 22.8 Å². The lowest BCUT2D eigenvalue weighted by Gasteiger charge is -2.26. The third-order valence-electron chi connectivity index (χ3n) is 6.21. The number of likely N-dealkylation sites (N-methyl/N-ethyl adjacent to an activating group) is 1. The van der Waals surface area contributed by atoms with Crippen molar-refractivity contribution in [3.8, 4) is 0 Å². The number of urea groups is 1. The monoisotopic (exact) mass is 613 g/mol. The molecule has 3 amide bonds. The minimum absolute atomic E-state index is 0. The summed E-state index contributed by atoms with van der Waals surface area (Å²) in [6.45, 7) is 0.0458. The summed E-state index contributed by atoms with van der Waals surface area (Å²) in [6, 6.07) is 8.93. The first-order chi connectivity index (χ1) is 18.9. The van der Waals surface area contributed by atoms with Crippen LogP contribution in [0.5, 0.6) is 0 Å². The third-order valence-corrected chi connectivity index (χ3v) is 7.59. The van der Waals surface area contributed by atoms with E-state index < -0.39 is 52.7 Å². The molecule has 0 aliphatic carbocycles. The van der Waals surface area contributed by atoms with Crippen molar-refractivity contribution >= 4 is 47.1 Å². The Kier molecular flexibility index (Phi) is 10.2. The van der Waals surface area contributed by atoms with Crippen LogP contribution >= 0.6 is 13.5 Å². The average Bonchev–Trinajstić information content (AvgIpc) is 3.32. The van der Waals surface area contributed by atoms with Crippen LogP contribution in [0.15, 0.2) is 60.8 Å². The van der Waals surface area contributed by atoms with Gasteiger partial charge in [0.25, 0.3) is 0 Å². The molecule has 1 aromatic heterocycles. The zero-order chi connectivity index (χ0) is 29.0. The summed E-state index contributed by atoms with van der Waals surface area (Å²) >= 11 is 0. The topological polar surface area (TPSA) is 112 Å². The average molecular weight is 614 g/mol. The van der Waals surface area contributed by atoms with Crippen LogP contribution in [0.25, 0.3) is 0 Å². The largest absolute Gasteiger partial charge is 0.330 e. The van der Waals surface area contributed by atoms with E-state index in [1.54, 1.807) is 12.1 Å². The standard InChI is InChI=1S/C26H25F4N5O4S.H2S/c1-34(21-6-4-16(5-7-21)14-23(29)30)25(36)22(13-17-11-19(27)15-20(28)12-17)32-26(37)33-40(38,39)35-10-8-18-3-2-9-31-24(18)35;/h2-7,9,11-12,15,22-23H,8,10,13-14H2,1H3,(H2,32,33,37);1H2/t22-;/m0./s1. The summed E-state index contributed by atoms with van der Waals surface area (Å²) in [7, 11) is -3.06. The normalized spacial score (nSPS) is 13.3. The van der Waals surface area contributed by atoms with Gasteiger partial charge in [0, 0.05) is 44.4 Å². The molecule has 0 fully saturated rings. The van der Waals surface area contributed by atoms with Crippen LogP contribution in [0.4, 0.5) is 33.9 Å². The lowest BCUT2D eigenvalue weighted by Crippen LogP contribution is -2.54. The van der Waals surface area contributed by atoms with Crippen LogP contribution in [0, 0.1) is 11.6 Å².